The largest absolute Gasteiger partial charge is 0.488 e. The van der Waals surface area contributed by atoms with Crippen molar-refractivity contribution < 1.29 is 28.0 Å². The van der Waals surface area contributed by atoms with Crippen LogP contribution in [0.1, 0.15) is 0 Å². The molecule has 8 heteroatoms. The summed E-state index contributed by atoms with van der Waals surface area (Å²) in [6.45, 7) is 0. The van der Waals surface area contributed by atoms with Crippen molar-refractivity contribution >= 4 is 7.87 Å². The van der Waals surface area contributed by atoms with Crippen LogP contribution in [0.4, 0.5) is 0 Å². The van der Waals surface area contributed by atoms with Gasteiger partial charge < -0.3 is 18.9 Å². The van der Waals surface area contributed by atoms with E-state index in [-0.39, 0.29) is 0 Å². The predicted octanol–water partition coefficient (Wildman–Crippen LogP) is 1.57. The molecule has 0 bridgehead atoms. The molecule has 0 saturated carbocycles. The summed E-state index contributed by atoms with van der Waals surface area (Å²) in [6.07, 6.45) is 0. The molecular weight excluding hydrogens is 261 g/mol. The lowest BCUT2D eigenvalue weighted by Gasteiger charge is -2.28. The van der Waals surface area contributed by atoms with Gasteiger partial charge in [0.25, 0.3) is 11.6 Å². The molecule has 0 radical (unpaired) electrons. The molecule has 104 valence electrons. The highest BCUT2D eigenvalue weighted by atomic mass is 31.2. The first kappa shape index (κ1) is 14.9. The molecule has 0 aromatic rings. The zero-order valence-electron chi connectivity index (χ0n) is 11.4. The Hall–Kier alpha value is -1.17. The van der Waals surface area contributed by atoms with E-state index in [1.54, 1.807) is 0 Å². The summed E-state index contributed by atoms with van der Waals surface area (Å²) in [5, 5.41) is 3.02. The van der Waals surface area contributed by atoms with Gasteiger partial charge in [-0.15, -0.1) is 0 Å². The quantitative estimate of drug-likeness (QED) is 0.741. The second-order valence-corrected chi connectivity index (χ2v) is 5.60. The monoisotopic (exact) mass is 280 g/mol. The van der Waals surface area contributed by atoms with Crippen LogP contribution < -0.4 is 5.09 Å². The first-order valence-corrected chi connectivity index (χ1v) is 6.70. The van der Waals surface area contributed by atoms with Crippen LogP contribution in [0.5, 0.6) is 0 Å². The molecule has 1 rings (SSSR count). The van der Waals surface area contributed by atoms with Gasteiger partial charge in [0.15, 0.2) is 0 Å². The molecule has 1 N–H and O–H groups in total. The van der Waals surface area contributed by atoms with Gasteiger partial charge in [0.2, 0.25) is 5.76 Å². The molecule has 0 atom stereocenters. The van der Waals surface area contributed by atoms with Crippen LogP contribution in [0, 0.1) is 0 Å². The van der Waals surface area contributed by atoms with Crippen LogP contribution in [-0.2, 0) is 28.0 Å². The van der Waals surface area contributed by atoms with E-state index in [4.69, 9.17) is 28.0 Å². The number of nitrogens with one attached hydrogen (secondary N) is 1. The van der Waals surface area contributed by atoms with Crippen molar-refractivity contribution in [3.63, 3.8) is 0 Å². The third kappa shape index (κ3) is 2.21. The van der Waals surface area contributed by atoms with Crippen LogP contribution in [0.2, 0.25) is 0 Å². The molecule has 0 saturated heterocycles. The normalized spacial score (nSPS) is 18.3. The number of rotatable bonds is 6. The van der Waals surface area contributed by atoms with E-state index in [2.05, 4.69) is 5.09 Å². The van der Waals surface area contributed by atoms with Crippen LogP contribution in [0.25, 0.3) is 0 Å². The smallest absolute Gasteiger partial charge is 0.450 e. The van der Waals surface area contributed by atoms with E-state index in [0.717, 1.165) is 0 Å². The molecule has 0 spiro atoms. The van der Waals surface area contributed by atoms with Gasteiger partial charge >= 0.3 is 13.4 Å². The lowest BCUT2D eigenvalue weighted by molar-refractivity contribution is 0.148. The van der Waals surface area contributed by atoms with E-state index in [0.29, 0.717) is 22.9 Å². The lowest BCUT2D eigenvalue weighted by atomic mass is 10.4. The van der Waals surface area contributed by atoms with Crippen molar-refractivity contribution in [2.24, 2.45) is 0 Å². The summed E-state index contributed by atoms with van der Waals surface area (Å²) in [5.41, 5.74) is 0.410. The maximum absolute atomic E-state index is 5.43. The summed E-state index contributed by atoms with van der Waals surface area (Å²) in [7, 11) is 6.42. The fourth-order valence-electron chi connectivity index (χ4n) is 1.62. The third-order valence-corrected chi connectivity index (χ3v) is 4.89. The van der Waals surface area contributed by atoms with E-state index in [1.165, 1.54) is 42.7 Å². The van der Waals surface area contributed by atoms with Crippen molar-refractivity contribution in [2.75, 3.05) is 42.7 Å². The van der Waals surface area contributed by atoms with Crippen molar-refractivity contribution in [3.05, 3.63) is 22.9 Å². The average Bonchev–Trinajstić information content (AvgIpc) is 2.44. The molecule has 1 aliphatic heterocycles. The van der Waals surface area contributed by atoms with E-state index in [1.807, 2.05) is 0 Å². The molecule has 0 aromatic carbocycles. The zero-order chi connectivity index (χ0) is 13.8. The van der Waals surface area contributed by atoms with Gasteiger partial charge in [-0.2, -0.15) is 14.1 Å². The Balaban J connectivity index is 3.42. The van der Waals surface area contributed by atoms with E-state index < -0.39 is 7.87 Å². The van der Waals surface area contributed by atoms with Crippen LogP contribution in [0.3, 0.4) is 0 Å². The lowest BCUT2D eigenvalue weighted by Crippen LogP contribution is -2.29. The van der Waals surface area contributed by atoms with Crippen molar-refractivity contribution in [1.29, 1.82) is 0 Å². The highest BCUT2D eigenvalue weighted by Crippen LogP contribution is 2.67. The summed E-state index contributed by atoms with van der Waals surface area (Å²) in [4.78, 5) is 0. The van der Waals surface area contributed by atoms with Gasteiger partial charge in [0, 0.05) is 0 Å². The van der Waals surface area contributed by atoms with E-state index >= 15 is 0 Å². The zero-order valence-corrected chi connectivity index (χ0v) is 12.3. The molecule has 0 unspecified atom stereocenters. The number of hydrogen-bond acceptors (Lipinski definition) is 7. The fraction of sp³-hybridized carbons (Fsp3) is 0.600. The maximum atomic E-state index is 5.43. The van der Waals surface area contributed by atoms with Gasteiger partial charge in [0.1, 0.15) is 0 Å². The Morgan fingerprint density at radius 3 is 1.61 bits per heavy atom. The fourth-order valence-corrected chi connectivity index (χ4v) is 3.54. The van der Waals surface area contributed by atoms with Gasteiger partial charge in [-0.3, -0.25) is 0 Å². The van der Waals surface area contributed by atoms with Crippen molar-refractivity contribution in [3.8, 4) is 0 Å². The number of hydrogen-bond donors (Lipinski definition) is 1. The summed E-state index contributed by atoms with van der Waals surface area (Å²) >= 11 is 0. The van der Waals surface area contributed by atoms with Crippen LogP contribution in [0.15, 0.2) is 22.9 Å². The van der Waals surface area contributed by atoms with Crippen molar-refractivity contribution in [2.45, 2.75) is 0 Å². The first-order chi connectivity index (χ1) is 8.63. The SMILES string of the molecule is COC1=C(OC)C(OC)=C(OC)[P+](OC)(OC)N1. The minimum Gasteiger partial charge on any atom is -0.488 e. The summed E-state index contributed by atoms with van der Waals surface area (Å²) in [5.74, 6) is 1.14. The summed E-state index contributed by atoms with van der Waals surface area (Å²) in [6, 6.07) is 0. The highest BCUT2D eigenvalue weighted by Gasteiger charge is 2.57. The second-order valence-electron chi connectivity index (χ2n) is 3.14. The topological polar surface area (TPSA) is 67.4 Å². The molecular formula is C10H19NO6P+. The highest BCUT2D eigenvalue weighted by molar-refractivity contribution is 7.68. The second kappa shape index (κ2) is 6.13. The third-order valence-electron chi connectivity index (χ3n) is 2.44. The molecule has 1 heterocycles. The molecule has 7 nitrogen and oxygen atoms in total. The molecule has 0 aromatic heterocycles. The average molecular weight is 280 g/mol. The number of methoxy groups -OCH3 is 4. The molecule has 18 heavy (non-hydrogen) atoms. The Morgan fingerprint density at radius 1 is 0.722 bits per heavy atom. The number of ether oxygens (including phenoxy) is 4. The van der Waals surface area contributed by atoms with Gasteiger partial charge in [-0.05, 0) is 0 Å². The Kier molecular flexibility index (Phi) is 5.07. The van der Waals surface area contributed by atoms with Gasteiger partial charge in [0.05, 0.1) is 42.7 Å². The Bertz CT molecular complexity index is 363. The van der Waals surface area contributed by atoms with E-state index in [9.17, 15) is 0 Å². The predicted molar refractivity (Wildman–Crippen MR) is 66.2 cm³/mol. The molecule has 0 fully saturated rings. The maximum Gasteiger partial charge on any atom is 0.450 e. The molecule has 0 aliphatic carbocycles. The minimum absolute atomic E-state index is 0.368. The minimum atomic E-state index is -2.64. The molecule has 1 aliphatic rings. The standard InChI is InChI=1S/C10H19NO6P/c1-12-7-8(13-2)10(15-4)18(16-5,17-6)11-9(7)14-3/h11H,1-6H3/q+1. The van der Waals surface area contributed by atoms with Gasteiger partial charge in [-0.25, -0.2) is 0 Å². The molecule has 0 amide bonds. The Morgan fingerprint density at radius 2 is 1.28 bits per heavy atom. The first-order valence-electron chi connectivity index (χ1n) is 5.08. The summed E-state index contributed by atoms with van der Waals surface area (Å²) < 4.78 is 32.0. The van der Waals surface area contributed by atoms with Crippen LogP contribution in [-0.4, -0.2) is 42.7 Å². The van der Waals surface area contributed by atoms with Gasteiger partial charge in [-0.1, -0.05) is 0 Å². The Labute approximate surface area is 107 Å². The van der Waals surface area contributed by atoms with Crippen molar-refractivity contribution in [1.82, 2.24) is 5.09 Å². The van der Waals surface area contributed by atoms with Crippen LogP contribution >= 0.6 is 7.87 Å².